The summed E-state index contributed by atoms with van der Waals surface area (Å²) in [5.74, 6) is -0.170. The van der Waals surface area contributed by atoms with Crippen molar-refractivity contribution >= 4 is 12.2 Å². The number of nitrogens with zero attached hydrogens (tertiary/aromatic N) is 7. The number of hydrogen-bond acceptors (Lipinski definition) is 5. The SMILES string of the molecule is CN(C)/C=N\c1c(-c2ccnn2-c2ccc(C#N)cc2)c(=O)n(C)c(=O)n1-c1cccc(C(F)(F)F)c1. The number of alkyl halides is 3. The number of rotatable bonds is 5. The van der Waals surface area contributed by atoms with Crippen LogP contribution in [0.2, 0.25) is 0 Å². The molecule has 0 aliphatic rings. The molecule has 188 valence electrons. The van der Waals surface area contributed by atoms with Crippen molar-refractivity contribution in [3.8, 4) is 28.7 Å². The van der Waals surface area contributed by atoms with Crippen LogP contribution in [-0.2, 0) is 13.2 Å². The Bertz CT molecular complexity index is 1650. The van der Waals surface area contributed by atoms with Gasteiger partial charge in [-0.05, 0) is 48.5 Å². The van der Waals surface area contributed by atoms with E-state index < -0.39 is 23.0 Å². The third-order valence-electron chi connectivity index (χ3n) is 5.41. The van der Waals surface area contributed by atoms with Crippen LogP contribution in [-0.4, -0.2) is 44.2 Å². The van der Waals surface area contributed by atoms with Gasteiger partial charge in [0.05, 0.1) is 46.8 Å². The fourth-order valence-electron chi connectivity index (χ4n) is 3.65. The molecule has 0 saturated heterocycles. The van der Waals surface area contributed by atoms with E-state index in [-0.39, 0.29) is 22.8 Å². The summed E-state index contributed by atoms with van der Waals surface area (Å²) < 4.78 is 43.6. The molecule has 4 rings (SSSR count). The summed E-state index contributed by atoms with van der Waals surface area (Å²) in [4.78, 5) is 32.6. The van der Waals surface area contributed by atoms with Gasteiger partial charge in [-0.3, -0.25) is 9.36 Å². The number of nitriles is 1. The minimum absolute atomic E-state index is 0.0560. The molecule has 0 aliphatic carbocycles. The van der Waals surface area contributed by atoms with Crippen LogP contribution < -0.4 is 11.2 Å². The van der Waals surface area contributed by atoms with E-state index in [1.807, 2.05) is 6.07 Å². The molecule has 4 aromatic rings. The predicted molar refractivity (Wildman–Crippen MR) is 131 cm³/mol. The standard InChI is InChI=1S/C25H20F3N7O2/c1-32(2)15-30-22-21(20-11-12-31-35(20)18-9-7-16(14-29)8-10-18)23(36)33(3)24(37)34(22)19-6-4-5-17(13-19)25(26,27)28/h4-13,15H,1-3H3/b30-15-. The summed E-state index contributed by atoms with van der Waals surface area (Å²) in [6.45, 7) is 0. The molecule has 0 atom stereocenters. The Hall–Kier alpha value is -4.92. The van der Waals surface area contributed by atoms with Crippen molar-refractivity contribution in [2.24, 2.45) is 12.0 Å². The maximum atomic E-state index is 13.5. The highest BCUT2D eigenvalue weighted by molar-refractivity contribution is 5.76. The molecule has 2 heterocycles. The van der Waals surface area contributed by atoms with Gasteiger partial charge in [-0.25, -0.2) is 19.0 Å². The number of benzene rings is 2. The van der Waals surface area contributed by atoms with Crippen molar-refractivity contribution in [2.45, 2.75) is 6.18 Å². The lowest BCUT2D eigenvalue weighted by molar-refractivity contribution is -0.137. The molecule has 0 amide bonds. The summed E-state index contributed by atoms with van der Waals surface area (Å²) >= 11 is 0. The number of hydrogen-bond donors (Lipinski definition) is 0. The van der Waals surface area contributed by atoms with Crippen molar-refractivity contribution in [3.63, 3.8) is 0 Å². The topological polar surface area (TPSA) is 101 Å². The Morgan fingerprint density at radius 1 is 1.05 bits per heavy atom. The summed E-state index contributed by atoms with van der Waals surface area (Å²) in [5, 5.41) is 13.4. The summed E-state index contributed by atoms with van der Waals surface area (Å²) in [6.07, 6.45) is -1.87. The highest BCUT2D eigenvalue weighted by Gasteiger charge is 2.31. The Balaban J connectivity index is 2.08. The van der Waals surface area contributed by atoms with E-state index in [0.29, 0.717) is 11.3 Å². The first-order chi connectivity index (χ1) is 17.5. The van der Waals surface area contributed by atoms with E-state index in [1.165, 1.54) is 42.5 Å². The Kier molecular flexibility index (Phi) is 6.54. The van der Waals surface area contributed by atoms with E-state index >= 15 is 0 Å². The molecule has 2 aromatic heterocycles. The average molecular weight is 507 g/mol. The van der Waals surface area contributed by atoms with Crippen LogP contribution in [0.5, 0.6) is 0 Å². The quantitative estimate of drug-likeness (QED) is 0.304. The van der Waals surface area contributed by atoms with Crippen LogP contribution in [0, 0.1) is 11.3 Å². The second-order valence-electron chi connectivity index (χ2n) is 8.22. The second kappa shape index (κ2) is 9.62. The molecule has 2 aromatic carbocycles. The normalized spacial score (nSPS) is 11.6. The summed E-state index contributed by atoms with van der Waals surface area (Å²) in [5.41, 5.74) is -1.54. The van der Waals surface area contributed by atoms with Crippen LogP contribution in [0.3, 0.4) is 0 Å². The van der Waals surface area contributed by atoms with Gasteiger partial charge in [0.25, 0.3) is 5.56 Å². The van der Waals surface area contributed by atoms with E-state index in [2.05, 4.69) is 10.1 Å². The average Bonchev–Trinajstić information content (AvgIpc) is 3.35. The summed E-state index contributed by atoms with van der Waals surface area (Å²) in [7, 11) is 4.57. The maximum Gasteiger partial charge on any atom is 0.416 e. The van der Waals surface area contributed by atoms with Gasteiger partial charge in [0.2, 0.25) is 0 Å². The van der Waals surface area contributed by atoms with Gasteiger partial charge in [0.15, 0.2) is 5.82 Å². The number of halogens is 3. The fraction of sp³-hybridized carbons (Fsp3) is 0.160. The Morgan fingerprint density at radius 3 is 2.38 bits per heavy atom. The molecule has 0 N–H and O–H groups in total. The van der Waals surface area contributed by atoms with Crippen LogP contribution in [0.1, 0.15) is 11.1 Å². The Labute approximate surface area is 208 Å². The molecule has 0 bridgehead atoms. The highest BCUT2D eigenvalue weighted by Crippen LogP contribution is 2.33. The zero-order valence-corrected chi connectivity index (χ0v) is 19.9. The molecule has 0 spiro atoms. The zero-order chi connectivity index (χ0) is 26.9. The van der Waals surface area contributed by atoms with Gasteiger partial charge < -0.3 is 4.90 Å². The van der Waals surface area contributed by atoms with Crippen molar-refractivity contribution in [2.75, 3.05) is 14.1 Å². The molecule has 9 nitrogen and oxygen atoms in total. The highest BCUT2D eigenvalue weighted by atomic mass is 19.4. The van der Waals surface area contributed by atoms with Gasteiger partial charge >= 0.3 is 11.9 Å². The van der Waals surface area contributed by atoms with Gasteiger partial charge in [-0.1, -0.05) is 6.07 Å². The lowest BCUT2D eigenvalue weighted by atomic mass is 10.1. The third-order valence-corrected chi connectivity index (χ3v) is 5.41. The van der Waals surface area contributed by atoms with E-state index in [1.54, 1.807) is 43.3 Å². The minimum atomic E-state index is -4.65. The first-order valence-corrected chi connectivity index (χ1v) is 10.8. The Morgan fingerprint density at radius 2 is 1.76 bits per heavy atom. The molecule has 12 heteroatoms. The first-order valence-electron chi connectivity index (χ1n) is 10.8. The predicted octanol–water partition coefficient (Wildman–Crippen LogP) is 3.50. The third kappa shape index (κ3) is 4.79. The number of aliphatic imine (C=N–C) groups is 1. The van der Waals surface area contributed by atoms with E-state index in [4.69, 9.17) is 5.26 Å². The lowest BCUT2D eigenvalue weighted by Gasteiger charge is -2.18. The van der Waals surface area contributed by atoms with Crippen molar-refractivity contribution in [3.05, 3.63) is 92.8 Å². The molecule has 0 fully saturated rings. The van der Waals surface area contributed by atoms with Crippen LogP contribution in [0.15, 0.2) is 75.4 Å². The fourth-order valence-corrected chi connectivity index (χ4v) is 3.65. The monoisotopic (exact) mass is 507 g/mol. The van der Waals surface area contributed by atoms with Crippen LogP contribution in [0.25, 0.3) is 22.6 Å². The molecule has 0 saturated carbocycles. The van der Waals surface area contributed by atoms with Crippen molar-refractivity contribution < 1.29 is 13.2 Å². The number of aromatic nitrogens is 4. The van der Waals surface area contributed by atoms with Gasteiger partial charge in [-0.15, -0.1) is 0 Å². The molecule has 37 heavy (non-hydrogen) atoms. The molecule has 0 aliphatic heterocycles. The second-order valence-corrected chi connectivity index (χ2v) is 8.22. The van der Waals surface area contributed by atoms with Gasteiger partial charge in [0, 0.05) is 21.1 Å². The lowest BCUT2D eigenvalue weighted by Crippen LogP contribution is -2.38. The van der Waals surface area contributed by atoms with Crippen molar-refractivity contribution in [1.82, 2.24) is 23.8 Å². The van der Waals surface area contributed by atoms with Gasteiger partial charge in [-0.2, -0.15) is 23.5 Å². The first kappa shape index (κ1) is 25.2. The van der Waals surface area contributed by atoms with Crippen molar-refractivity contribution in [1.29, 1.82) is 5.26 Å². The van der Waals surface area contributed by atoms with Gasteiger partial charge in [0.1, 0.15) is 5.56 Å². The smallest absolute Gasteiger partial charge is 0.369 e. The summed E-state index contributed by atoms with van der Waals surface area (Å²) in [6, 6.07) is 14.2. The van der Waals surface area contributed by atoms with Crippen LogP contribution in [0.4, 0.5) is 19.0 Å². The minimum Gasteiger partial charge on any atom is -0.369 e. The zero-order valence-electron chi connectivity index (χ0n) is 19.9. The molecular formula is C25H20F3N7O2. The molecular weight excluding hydrogens is 487 g/mol. The molecule has 0 radical (unpaired) electrons. The van der Waals surface area contributed by atoms with Crippen LogP contribution >= 0.6 is 0 Å². The largest absolute Gasteiger partial charge is 0.416 e. The maximum absolute atomic E-state index is 13.5. The molecule has 0 unspecified atom stereocenters. The van der Waals surface area contributed by atoms with E-state index in [0.717, 1.165) is 21.3 Å². The van der Waals surface area contributed by atoms with E-state index in [9.17, 15) is 22.8 Å².